The second kappa shape index (κ2) is 5.97. The van der Waals surface area contributed by atoms with Gasteiger partial charge in [0.2, 0.25) is 6.79 Å². The highest BCUT2D eigenvalue weighted by molar-refractivity contribution is 7.92. The minimum absolute atomic E-state index is 0.125. The summed E-state index contributed by atoms with van der Waals surface area (Å²) >= 11 is 0. The van der Waals surface area contributed by atoms with Gasteiger partial charge in [-0.1, -0.05) is 23.8 Å². The van der Waals surface area contributed by atoms with Gasteiger partial charge in [-0.15, -0.1) is 0 Å². The van der Waals surface area contributed by atoms with Crippen molar-refractivity contribution in [3.8, 4) is 11.5 Å². The zero-order chi connectivity index (χ0) is 18.5. The van der Waals surface area contributed by atoms with E-state index >= 15 is 0 Å². The van der Waals surface area contributed by atoms with Crippen molar-refractivity contribution < 1.29 is 28.1 Å². The lowest BCUT2D eigenvalue weighted by Gasteiger charge is -2.11. The lowest BCUT2D eigenvalue weighted by Crippen LogP contribution is -2.23. The van der Waals surface area contributed by atoms with Crippen LogP contribution in [0, 0.1) is 12.3 Å². The van der Waals surface area contributed by atoms with Gasteiger partial charge in [-0.25, -0.2) is 8.42 Å². The number of ether oxygens (including phenoxy) is 2. The minimum atomic E-state index is -3.72. The molecule has 1 saturated carbocycles. The number of aryl methyl sites for hydroxylation is 1. The molecule has 1 fully saturated rings. The Hall–Kier alpha value is -2.09. The van der Waals surface area contributed by atoms with Crippen molar-refractivity contribution in [2.75, 3.05) is 20.0 Å². The molecule has 0 amide bonds. The monoisotopic (exact) mass is 376 g/mol. The third-order valence-corrected chi connectivity index (χ3v) is 7.75. The number of hydrogen-bond donors (Lipinski definition) is 2. The fourth-order valence-corrected chi connectivity index (χ4v) is 6.29. The predicted octanol–water partition coefficient (Wildman–Crippen LogP) is 1.63. The number of aliphatic hydroxyl groups excluding tert-OH is 2. The third-order valence-electron chi connectivity index (χ3n) is 5.41. The van der Waals surface area contributed by atoms with E-state index in [0.717, 1.165) is 5.56 Å². The Labute approximate surface area is 151 Å². The van der Waals surface area contributed by atoms with Gasteiger partial charge in [0, 0.05) is 11.3 Å². The van der Waals surface area contributed by atoms with E-state index in [0.29, 0.717) is 17.1 Å². The van der Waals surface area contributed by atoms with E-state index < -0.39 is 39.6 Å². The molecule has 2 aromatic rings. The number of hydrogen-bond acceptors (Lipinski definition) is 6. The smallest absolute Gasteiger partial charge is 0.231 e. The summed E-state index contributed by atoms with van der Waals surface area (Å²) in [6.07, 6.45) is 0. The standard InChI is InChI=1S/C19H20O6S/c1-12-2-5-14(6-3-12)26(22,23)18-17(19(18,9-20)10-21)13-4-7-15-16(8-13)25-11-24-15/h2-8,17-18,20-21H,9-11H2,1H3/t17-,18-/m1/s1. The van der Waals surface area contributed by atoms with E-state index in [1.807, 2.05) is 6.92 Å². The van der Waals surface area contributed by atoms with E-state index in [2.05, 4.69) is 0 Å². The van der Waals surface area contributed by atoms with Gasteiger partial charge in [-0.2, -0.15) is 0 Å². The Balaban J connectivity index is 1.76. The van der Waals surface area contributed by atoms with Gasteiger partial charge in [-0.05, 0) is 36.8 Å². The van der Waals surface area contributed by atoms with Gasteiger partial charge < -0.3 is 19.7 Å². The molecule has 0 radical (unpaired) electrons. The van der Waals surface area contributed by atoms with Crippen LogP contribution in [0.15, 0.2) is 47.4 Å². The molecule has 2 atom stereocenters. The van der Waals surface area contributed by atoms with Gasteiger partial charge in [-0.3, -0.25) is 0 Å². The Morgan fingerprint density at radius 3 is 2.35 bits per heavy atom. The summed E-state index contributed by atoms with van der Waals surface area (Å²) in [7, 11) is -3.72. The molecule has 0 unspecified atom stereocenters. The van der Waals surface area contributed by atoms with Gasteiger partial charge in [0.05, 0.1) is 23.4 Å². The summed E-state index contributed by atoms with van der Waals surface area (Å²) in [5, 5.41) is 19.0. The summed E-state index contributed by atoms with van der Waals surface area (Å²) in [4.78, 5) is 0.197. The molecule has 2 aromatic carbocycles. The van der Waals surface area contributed by atoms with E-state index in [1.165, 1.54) is 0 Å². The number of fused-ring (bicyclic) bond motifs is 1. The molecule has 0 saturated heterocycles. The second-order valence-electron chi connectivity index (χ2n) is 6.92. The molecular formula is C19H20O6S. The van der Waals surface area contributed by atoms with Gasteiger partial charge >= 0.3 is 0 Å². The van der Waals surface area contributed by atoms with Crippen molar-refractivity contribution in [2.45, 2.75) is 23.0 Å². The van der Waals surface area contributed by atoms with Crippen molar-refractivity contribution in [1.29, 1.82) is 0 Å². The van der Waals surface area contributed by atoms with Crippen LogP contribution >= 0.6 is 0 Å². The molecule has 0 bridgehead atoms. The van der Waals surface area contributed by atoms with E-state index in [-0.39, 0.29) is 11.7 Å². The van der Waals surface area contributed by atoms with E-state index in [4.69, 9.17) is 9.47 Å². The first-order valence-corrected chi connectivity index (χ1v) is 9.90. The maximum atomic E-state index is 13.2. The van der Waals surface area contributed by atoms with E-state index in [9.17, 15) is 18.6 Å². The zero-order valence-electron chi connectivity index (χ0n) is 14.3. The van der Waals surface area contributed by atoms with Crippen molar-refractivity contribution >= 4 is 9.84 Å². The summed E-state index contributed by atoms with van der Waals surface area (Å²) in [5.74, 6) is 0.634. The molecule has 0 spiro atoms. The molecule has 4 rings (SSSR count). The van der Waals surface area contributed by atoms with Crippen LogP contribution in [0.4, 0.5) is 0 Å². The third kappa shape index (κ3) is 2.42. The number of aliphatic hydroxyl groups is 2. The molecular weight excluding hydrogens is 356 g/mol. The Kier molecular flexibility index (Phi) is 3.98. The van der Waals surface area contributed by atoms with Crippen LogP contribution in [0.1, 0.15) is 17.0 Å². The van der Waals surface area contributed by atoms with Crippen molar-refractivity contribution in [1.82, 2.24) is 0 Å². The number of rotatable bonds is 5. The first-order chi connectivity index (χ1) is 12.4. The summed E-state index contributed by atoms with van der Waals surface area (Å²) in [5.41, 5.74) is 0.554. The summed E-state index contributed by atoms with van der Waals surface area (Å²) in [6.45, 7) is 1.17. The number of benzene rings is 2. The minimum Gasteiger partial charge on any atom is -0.454 e. The lowest BCUT2D eigenvalue weighted by molar-refractivity contribution is 0.130. The van der Waals surface area contributed by atoms with Gasteiger partial charge in [0.15, 0.2) is 21.3 Å². The van der Waals surface area contributed by atoms with Crippen LogP contribution in [0.2, 0.25) is 0 Å². The molecule has 6 nitrogen and oxygen atoms in total. The molecule has 7 heteroatoms. The topological polar surface area (TPSA) is 93.1 Å². The second-order valence-corrected chi connectivity index (χ2v) is 8.99. The van der Waals surface area contributed by atoms with Crippen LogP contribution in [0.25, 0.3) is 0 Å². The van der Waals surface area contributed by atoms with Crippen LogP contribution < -0.4 is 9.47 Å². The average Bonchev–Trinajstić information content (AvgIpc) is 3.12. The fourth-order valence-electron chi connectivity index (χ4n) is 3.86. The summed E-state index contributed by atoms with van der Waals surface area (Å²) in [6, 6.07) is 11.8. The largest absolute Gasteiger partial charge is 0.454 e. The molecule has 138 valence electrons. The van der Waals surface area contributed by atoms with E-state index in [1.54, 1.807) is 42.5 Å². The SMILES string of the molecule is Cc1ccc(S(=O)(=O)[C@@H]2[C@@H](c3ccc4c(c3)OCO4)C2(CO)CO)cc1. The van der Waals surface area contributed by atoms with Crippen LogP contribution in [0.5, 0.6) is 11.5 Å². The first-order valence-electron chi connectivity index (χ1n) is 8.36. The van der Waals surface area contributed by atoms with Crippen LogP contribution in [-0.2, 0) is 9.84 Å². The Bertz CT molecular complexity index is 931. The van der Waals surface area contributed by atoms with Gasteiger partial charge in [0.25, 0.3) is 0 Å². The molecule has 26 heavy (non-hydrogen) atoms. The quantitative estimate of drug-likeness (QED) is 0.824. The Morgan fingerprint density at radius 2 is 1.69 bits per heavy atom. The molecule has 1 aliphatic heterocycles. The van der Waals surface area contributed by atoms with Crippen molar-refractivity contribution in [3.63, 3.8) is 0 Å². The average molecular weight is 376 g/mol. The Morgan fingerprint density at radius 1 is 1.04 bits per heavy atom. The van der Waals surface area contributed by atoms with Crippen molar-refractivity contribution in [2.24, 2.45) is 5.41 Å². The predicted molar refractivity (Wildman–Crippen MR) is 94.1 cm³/mol. The number of sulfone groups is 1. The highest BCUT2D eigenvalue weighted by atomic mass is 32.2. The summed E-state index contributed by atoms with van der Waals surface area (Å²) < 4.78 is 37.0. The maximum Gasteiger partial charge on any atom is 0.231 e. The fraction of sp³-hybridized carbons (Fsp3) is 0.368. The molecule has 1 heterocycles. The highest BCUT2D eigenvalue weighted by Gasteiger charge is 2.70. The van der Waals surface area contributed by atoms with Crippen LogP contribution in [-0.4, -0.2) is 43.9 Å². The highest BCUT2D eigenvalue weighted by Crippen LogP contribution is 2.64. The molecule has 2 aliphatic rings. The normalized spacial score (nSPS) is 23.0. The molecule has 0 aromatic heterocycles. The maximum absolute atomic E-state index is 13.2. The van der Waals surface area contributed by atoms with Gasteiger partial charge in [0.1, 0.15) is 0 Å². The zero-order valence-corrected chi connectivity index (χ0v) is 15.1. The molecule has 2 N–H and O–H groups in total. The lowest BCUT2D eigenvalue weighted by atomic mass is 10.0. The first kappa shape index (κ1) is 17.3. The molecule has 1 aliphatic carbocycles. The van der Waals surface area contributed by atoms with Crippen LogP contribution in [0.3, 0.4) is 0 Å². The van der Waals surface area contributed by atoms with Crippen molar-refractivity contribution in [3.05, 3.63) is 53.6 Å².